The predicted octanol–water partition coefficient (Wildman–Crippen LogP) is 0.761. The summed E-state index contributed by atoms with van der Waals surface area (Å²) < 4.78 is 27.3. The van der Waals surface area contributed by atoms with E-state index in [1.165, 1.54) is 7.11 Å². The monoisotopic (exact) mass is 291 g/mol. The molecule has 0 aromatic heterocycles. The lowest BCUT2D eigenvalue weighted by Crippen LogP contribution is -2.49. The average molecular weight is 291 g/mol. The van der Waals surface area contributed by atoms with Crippen LogP contribution < -0.4 is 5.32 Å². The van der Waals surface area contributed by atoms with Gasteiger partial charge in [0.2, 0.25) is 0 Å². The number of sulfone groups is 1. The summed E-state index contributed by atoms with van der Waals surface area (Å²) >= 11 is 0. The number of carbonyl (C=O) groups excluding carboxylic acids is 2. The first-order chi connectivity index (χ1) is 8.76. The fourth-order valence-corrected chi connectivity index (χ4v) is 3.74. The Balaban J connectivity index is 2.79. The Morgan fingerprint density at radius 3 is 2.16 bits per heavy atom. The molecule has 0 bridgehead atoms. The molecule has 0 aromatic rings. The molecular formula is C12H21NO5S. The molecule has 1 atom stereocenters. The van der Waals surface area contributed by atoms with E-state index in [9.17, 15) is 18.0 Å². The molecule has 1 amide bonds. The fraction of sp³-hybridized carbons (Fsp3) is 0.833. The van der Waals surface area contributed by atoms with Gasteiger partial charge in [-0.1, -0.05) is 13.8 Å². The third-order valence-electron chi connectivity index (χ3n) is 3.41. The molecule has 19 heavy (non-hydrogen) atoms. The third kappa shape index (κ3) is 4.49. The summed E-state index contributed by atoms with van der Waals surface area (Å²) in [5.74, 6) is -0.307. The highest BCUT2D eigenvalue weighted by atomic mass is 32.2. The molecule has 1 aliphatic rings. The Morgan fingerprint density at radius 1 is 1.21 bits per heavy atom. The normalized spacial score (nSPS) is 20.8. The van der Waals surface area contributed by atoms with E-state index in [1.807, 2.05) is 0 Å². The van der Waals surface area contributed by atoms with Crippen molar-refractivity contribution in [2.45, 2.75) is 32.7 Å². The van der Waals surface area contributed by atoms with Crippen LogP contribution in [-0.2, 0) is 19.4 Å². The molecule has 110 valence electrons. The lowest BCUT2D eigenvalue weighted by atomic mass is 9.87. The van der Waals surface area contributed by atoms with Gasteiger partial charge in [0, 0.05) is 5.92 Å². The van der Waals surface area contributed by atoms with Crippen molar-refractivity contribution < 1.29 is 22.7 Å². The standard InChI is InChI=1S/C12H21NO5S/c1-8(2)11(14)10(13-12(15)18-3)9-4-6-19(16,17)7-5-9/h8-10H,4-7H2,1-3H3,(H,13,15)/t10-/m0/s1. The fourth-order valence-electron chi connectivity index (χ4n) is 2.21. The van der Waals surface area contributed by atoms with Crippen LogP contribution in [-0.4, -0.2) is 45.0 Å². The van der Waals surface area contributed by atoms with Gasteiger partial charge in [0.15, 0.2) is 5.78 Å². The van der Waals surface area contributed by atoms with Gasteiger partial charge in [0.1, 0.15) is 9.84 Å². The molecule has 1 heterocycles. The van der Waals surface area contributed by atoms with Crippen LogP contribution in [0.15, 0.2) is 0 Å². The van der Waals surface area contributed by atoms with E-state index in [4.69, 9.17) is 0 Å². The largest absolute Gasteiger partial charge is 0.453 e. The molecule has 0 aromatic carbocycles. The number of alkyl carbamates (subject to hydrolysis) is 1. The van der Waals surface area contributed by atoms with Crippen LogP contribution in [0.5, 0.6) is 0 Å². The van der Waals surface area contributed by atoms with Crippen molar-refractivity contribution in [3.05, 3.63) is 0 Å². The quantitative estimate of drug-likeness (QED) is 0.826. The molecule has 1 saturated heterocycles. The van der Waals surface area contributed by atoms with Gasteiger partial charge in [-0.2, -0.15) is 0 Å². The summed E-state index contributed by atoms with van der Waals surface area (Å²) in [4.78, 5) is 23.5. The van der Waals surface area contributed by atoms with E-state index < -0.39 is 22.0 Å². The molecule has 0 aliphatic carbocycles. The van der Waals surface area contributed by atoms with Crippen LogP contribution in [0.3, 0.4) is 0 Å². The third-order valence-corrected chi connectivity index (χ3v) is 5.12. The molecule has 1 rings (SSSR count). The minimum absolute atomic E-state index is 0.0718. The Kier molecular flexibility index (Phi) is 5.34. The average Bonchev–Trinajstić information content (AvgIpc) is 2.35. The van der Waals surface area contributed by atoms with E-state index in [-0.39, 0.29) is 29.1 Å². The Hall–Kier alpha value is -1.11. The van der Waals surface area contributed by atoms with Crippen LogP contribution >= 0.6 is 0 Å². The van der Waals surface area contributed by atoms with Crippen molar-refractivity contribution >= 4 is 21.7 Å². The van der Waals surface area contributed by atoms with Crippen LogP contribution in [0.25, 0.3) is 0 Å². The van der Waals surface area contributed by atoms with Crippen LogP contribution in [0.4, 0.5) is 4.79 Å². The Bertz CT molecular complexity index is 429. The van der Waals surface area contributed by atoms with Crippen LogP contribution in [0.1, 0.15) is 26.7 Å². The van der Waals surface area contributed by atoms with E-state index in [0.717, 1.165) is 0 Å². The van der Waals surface area contributed by atoms with Gasteiger partial charge in [-0.05, 0) is 18.8 Å². The van der Waals surface area contributed by atoms with Crippen molar-refractivity contribution in [1.82, 2.24) is 5.32 Å². The van der Waals surface area contributed by atoms with Gasteiger partial charge in [-0.3, -0.25) is 4.79 Å². The van der Waals surface area contributed by atoms with Crippen molar-refractivity contribution in [2.75, 3.05) is 18.6 Å². The zero-order chi connectivity index (χ0) is 14.6. The number of carbonyl (C=O) groups is 2. The lowest BCUT2D eigenvalue weighted by molar-refractivity contribution is -0.125. The maximum atomic E-state index is 12.1. The lowest BCUT2D eigenvalue weighted by Gasteiger charge is -2.30. The molecular weight excluding hydrogens is 270 g/mol. The summed E-state index contributed by atoms with van der Waals surface area (Å²) in [7, 11) is -1.75. The molecule has 1 N–H and O–H groups in total. The minimum atomic E-state index is -2.98. The summed E-state index contributed by atoms with van der Waals surface area (Å²) in [5.41, 5.74) is 0. The van der Waals surface area contributed by atoms with E-state index in [0.29, 0.717) is 12.8 Å². The second-order valence-electron chi connectivity index (χ2n) is 5.16. The Labute approximate surface area is 113 Å². The Morgan fingerprint density at radius 2 is 1.74 bits per heavy atom. The molecule has 0 unspecified atom stereocenters. The number of Topliss-reactive ketones (excluding diaryl/α,β-unsaturated/α-hetero) is 1. The highest BCUT2D eigenvalue weighted by Gasteiger charge is 2.35. The zero-order valence-electron chi connectivity index (χ0n) is 11.5. The molecule has 1 aliphatic heterocycles. The number of ether oxygens (including phenoxy) is 1. The van der Waals surface area contributed by atoms with Gasteiger partial charge in [0.25, 0.3) is 0 Å². The molecule has 1 fully saturated rings. The summed E-state index contributed by atoms with van der Waals surface area (Å²) in [5, 5.41) is 2.54. The first-order valence-electron chi connectivity index (χ1n) is 6.35. The predicted molar refractivity (Wildman–Crippen MR) is 70.6 cm³/mol. The number of ketones is 1. The topological polar surface area (TPSA) is 89.5 Å². The van der Waals surface area contributed by atoms with Gasteiger partial charge in [0.05, 0.1) is 24.7 Å². The first kappa shape index (κ1) is 15.9. The molecule has 0 radical (unpaired) electrons. The van der Waals surface area contributed by atoms with Crippen molar-refractivity contribution in [3.8, 4) is 0 Å². The van der Waals surface area contributed by atoms with Crippen LogP contribution in [0.2, 0.25) is 0 Å². The molecule has 7 heteroatoms. The number of hydrogen-bond acceptors (Lipinski definition) is 5. The summed E-state index contributed by atoms with van der Waals surface area (Å²) in [6.45, 7) is 3.52. The minimum Gasteiger partial charge on any atom is -0.453 e. The highest BCUT2D eigenvalue weighted by molar-refractivity contribution is 7.91. The first-order valence-corrected chi connectivity index (χ1v) is 8.17. The van der Waals surface area contributed by atoms with Crippen molar-refractivity contribution in [3.63, 3.8) is 0 Å². The second-order valence-corrected chi connectivity index (χ2v) is 7.46. The maximum Gasteiger partial charge on any atom is 0.407 e. The van der Waals surface area contributed by atoms with E-state index in [2.05, 4.69) is 10.1 Å². The number of methoxy groups -OCH3 is 1. The SMILES string of the molecule is COC(=O)N[C@H](C(=O)C(C)C)C1CCS(=O)(=O)CC1. The van der Waals surface area contributed by atoms with Gasteiger partial charge in [-0.25, -0.2) is 13.2 Å². The zero-order valence-corrected chi connectivity index (χ0v) is 12.3. The second kappa shape index (κ2) is 6.36. The summed E-state index contributed by atoms with van der Waals surface area (Å²) in [6.07, 6.45) is 0.137. The van der Waals surface area contributed by atoms with Gasteiger partial charge in [-0.15, -0.1) is 0 Å². The maximum absolute atomic E-state index is 12.1. The van der Waals surface area contributed by atoms with Gasteiger partial charge >= 0.3 is 6.09 Å². The number of nitrogens with one attached hydrogen (secondary N) is 1. The van der Waals surface area contributed by atoms with E-state index >= 15 is 0 Å². The number of hydrogen-bond donors (Lipinski definition) is 1. The van der Waals surface area contributed by atoms with Crippen molar-refractivity contribution in [1.29, 1.82) is 0 Å². The highest BCUT2D eigenvalue weighted by Crippen LogP contribution is 2.24. The molecule has 6 nitrogen and oxygen atoms in total. The van der Waals surface area contributed by atoms with E-state index in [1.54, 1.807) is 13.8 Å². The van der Waals surface area contributed by atoms with Crippen LogP contribution in [0, 0.1) is 11.8 Å². The van der Waals surface area contributed by atoms with Gasteiger partial charge < -0.3 is 10.1 Å². The molecule has 0 spiro atoms. The van der Waals surface area contributed by atoms with Crippen molar-refractivity contribution in [2.24, 2.45) is 11.8 Å². The number of amides is 1. The smallest absolute Gasteiger partial charge is 0.407 e. The summed E-state index contributed by atoms with van der Waals surface area (Å²) in [6, 6.07) is -0.664. The molecule has 0 saturated carbocycles. The number of rotatable bonds is 4.